The van der Waals surface area contributed by atoms with Crippen molar-refractivity contribution in [2.24, 2.45) is 0 Å². The Bertz CT molecular complexity index is 444. The van der Waals surface area contributed by atoms with Gasteiger partial charge in [0.25, 0.3) is 0 Å². The lowest BCUT2D eigenvalue weighted by Crippen LogP contribution is -2.26. The van der Waals surface area contributed by atoms with Crippen molar-refractivity contribution in [1.82, 2.24) is 0 Å². The zero-order valence-corrected chi connectivity index (χ0v) is 10.4. The van der Waals surface area contributed by atoms with Crippen LogP contribution in [0.2, 0.25) is 0 Å². The van der Waals surface area contributed by atoms with E-state index in [2.05, 4.69) is 5.32 Å². The third-order valence-electron chi connectivity index (χ3n) is 1.78. The maximum atomic E-state index is 11.3. The molecule has 1 N–H and O–H groups in total. The molecule has 4 heteroatoms. The van der Waals surface area contributed by atoms with Crippen molar-refractivity contribution < 1.29 is 8.42 Å². The van der Waals surface area contributed by atoms with Crippen LogP contribution in [0.1, 0.15) is 20.8 Å². The smallest absolute Gasteiger partial charge is 0.175 e. The molecule has 0 saturated heterocycles. The zero-order chi connectivity index (χ0) is 11.7. The van der Waals surface area contributed by atoms with Gasteiger partial charge in [0.2, 0.25) is 0 Å². The van der Waals surface area contributed by atoms with E-state index in [4.69, 9.17) is 0 Å². The Kier molecular flexibility index (Phi) is 3.09. The summed E-state index contributed by atoms with van der Waals surface area (Å²) in [5.41, 5.74) is 0.751. The Morgan fingerprint density at radius 1 is 1.20 bits per heavy atom. The van der Waals surface area contributed by atoms with Gasteiger partial charge >= 0.3 is 0 Å². The topological polar surface area (TPSA) is 46.2 Å². The van der Waals surface area contributed by atoms with Crippen LogP contribution in [-0.2, 0) is 9.84 Å². The van der Waals surface area contributed by atoms with E-state index in [0.717, 1.165) is 5.69 Å². The fourth-order valence-electron chi connectivity index (χ4n) is 1.24. The maximum absolute atomic E-state index is 11.3. The van der Waals surface area contributed by atoms with Crippen LogP contribution >= 0.6 is 0 Å². The molecule has 0 aliphatic carbocycles. The summed E-state index contributed by atoms with van der Waals surface area (Å²) in [5.74, 6) is 0. The Hall–Kier alpha value is -1.03. The van der Waals surface area contributed by atoms with Crippen molar-refractivity contribution in [3.8, 4) is 0 Å². The minimum absolute atomic E-state index is 0.0733. The van der Waals surface area contributed by atoms with Gasteiger partial charge in [-0.25, -0.2) is 8.42 Å². The molecule has 15 heavy (non-hydrogen) atoms. The lowest BCUT2D eigenvalue weighted by Gasteiger charge is -2.22. The standard InChI is InChI=1S/C11H17NO2S/c1-11(2,3)12-9-6-5-7-10(8-9)15(4,13)14/h5-8,12H,1-4H3. The van der Waals surface area contributed by atoms with E-state index >= 15 is 0 Å². The molecule has 0 bridgehead atoms. The first-order chi connectivity index (χ1) is 6.68. The van der Waals surface area contributed by atoms with Gasteiger partial charge in [-0.3, -0.25) is 0 Å². The summed E-state index contributed by atoms with van der Waals surface area (Å²) in [7, 11) is -3.12. The minimum atomic E-state index is -3.12. The third kappa shape index (κ3) is 3.91. The molecule has 0 aliphatic rings. The van der Waals surface area contributed by atoms with E-state index in [1.165, 1.54) is 6.26 Å². The number of hydrogen-bond acceptors (Lipinski definition) is 3. The lowest BCUT2D eigenvalue weighted by molar-refractivity contribution is 0.601. The number of sulfone groups is 1. The predicted molar refractivity (Wildman–Crippen MR) is 62.9 cm³/mol. The Balaban J connectivity index is 3.04. The molecule has 1 aromatic carbocycles. The fourth-order valence-corrected chi connectivity index (χ4v) is 1.90. The number of hydrogen-bond donors (Lipinski definition) is 1. The highest BCUT2D eigenvalue weighted by Gasteiger charge is 2.11. The minimum Gasteiger partial charge on any atom is -0.380 e. The number of anilines is 1. The molecular formula is C11H17NO2S. The first-order valence-electron chi connectivity index (χ1n) is 4.77. The molecule has 0 fully saturated rings. The summed E-state index contributed by atoms with van der Waals surface area (Å²) in [6, 6.07) is 6.86. The maximum Gasteiger partial charge on any atom is 0.175 e. The first kappa shape index (κ1) is 12.0. The highest BCUT2D eigenvalue weighted by molar-refractivity contribution is 7.90. The fraction of sp³-hybridized carbons (Fsp3) is 0.455. The molecular weight excluding hydrogens is 210 g/mol. The summed E-state index contributed by atoms with van der Waals surface area (Å²) >= 11 is 0. The molecule has 0 amide bonds. The highest BCUT2D eigenvalue weighted by Crippen LogP contribution is 2.18. The summed E-state index contributed by atoms with van der Waals surface area (Å²) in [6.45, 7) is 6.08. The van der Waals surface area contributed by atoms with Crippen LogP contribution in [0.3, 0.4) is 0 Å². The van der Waals surface area contributed by atoms with Gasteiger partial charge in [-0.15, -0.1) is 0 Å². The molecule has 0 unspecified atom stereocenters. The van der Waals surface area contributed by atoms with Crippen molar-refractivity contribution in [1.29, 1.82) is 0 Å². The lowest BCUT2D eigenvalue weighted by atomic mass is 10.1. The Morgan fingerprint density at radius 2 is 1.80 bits per heavy atom. The number of benzene rings is 1. The van der Waals surface area contributed by atoms with E-state index in [1.807, 2.05) is 26.8 Å². The van der Waals surface area contributed by atoms with Gasteiger partial charge in [0, 0.05) is 17.5 Å². The van der Waals surface area contributed by atoms with Crippen LogP contribution in [0.5, 0.6) is 0 Å². The highest BCUT2D eigenvalue weighted by atomic mass is 32.2. The van der Waals surface area contributed by atoms with Crippen LogP contribution < -0.4 is 5.32 Å². The molecule has 84 valence electrons. The second-order valence-electron chi connectivity index (χ2n) is 4.67. The van der Waals surface area contributed by atoms with Crippen LogP contribution in [0, 0.1) is 0 Å². The predicted octanol–water partition coefficient (Wildman–Crippen LogP) is 2.30. The van der Waals surface area contributed by atoms with Crippen molar-refractivity contribution in [3.63, 3.8) is 0 Å². The van der Waals surface area contributed by atoms with Gasteiger partial charge in [-0.1, -0.05) is 6.07 Å². The van der Waals surface area contributed by atoms with Crippen molar-refractivity contribution in [2.45, 2.75) is 31.2 Å². The molecule has 0 spiro atoms. The van der Waals surface area contributed by atoms with Crippen molar-refractivity contribution >= 4 is 15.5 Å². The summed E-state index contributed by atoms with van der Waals surface area (Å²) in [5, 5.41) is 3.23. The molecule has 0 atom stereocenters. The quantitative estimate of drug-likeness (QED) is 0.843. The number of nitrogens with one attached hydrogen (secondary N) is 1. The van der Waals surface area contributed by atoms with E-state index in [0.29, 0.717) is 4.90 Å². The van der Waals surface area contributed by atoms with Crippen LogP contribution in [0.15, 0.2) is 29.2 Å². The SMILES string of the molecule is CC(C)(C)Nc1cccc(S(C)(=O)=O)c1. The number of rotatable bonds is 2. The average molecular weight is 227 g/mol. The Labute approximate surface area is 91.4 Å². The van der Waals surface area contributed by atoms with E-state index in [-0.39, 0.29) is 5.54 Å². The molecule has 0 radical (unpaired) electrons. The summed E-state index contributed by atoms with van der Waals surface area (Å²) in [4.78, 5) is 0.344. The molecule has 3 nitrogen and oxygen atoms in total. The largest absolute Gasteiger partial charge is 0.380 e. The van der Waals surface area contributed by atoms with Gasteiger partial charge in [0.1, 0.15) is 0 Å². The average Bonchev–Trinajstić information content (AvgIpc) is 1.99. The molecule has 1 aromatic rings. The van der Waals surface area contributed by atoms with E-state index in [9.17, 15) is 8.42 Å². The van der Waals surface area contributed by atoms with Crippen LogP contribution in [0.4, 0.5) is 5.69 Å². The van der Waals surface area contributed by atoms with Crippen LogP contribution in [-0.4, -0.2) is 20.2 Å². The molecule has 0 aromatic heterocycles. The van der Waals surface area contributed by atoms with Crippen molar-refractivity contribution in [2.75, 3.05) is 11.6 Å². The second kappa shape index (κ2) is 3.85. The normalized spacial score (nSPS) is 12.5. The van der Waals surface area contributed by atoms with E-state index in [1.54, 1.807) is 18.2 Å². The first-order valence-corrected chi connectivity index (χ1v) is 6.66. The van der Waals surface area contributed by atoms with Gasteiger partial charge in [-0.05, 0) is 39.0 Å². The third-order valence-corrected chi connectivity index (χ3v) is 2.89. The van der Waals surface area contributed by atoms with Crippen molar-refractivity contribution in [3.05, 3.63) is 24.3 Å². The summed E-state index contributed by atoms with van der Waals surface area (Å²) in [6.07, 6.45) is 1.21. The van der Waals surface area contributed by atoms with Gasteiger partial charge in [-0.2, -0.15) is 0 Å². The molecule has 0 heterocycles. The Morgan fingerprint density at radius 3 is 2.27 bits per heavy atom. The van der Waals surface area contributed by atoms with Crippen LogP contribution in [0.25, 0.3) is 0 Å². The molecule has 0 saturated carbocycles. The van der Waals surface area contributed by atoms with Gasteiger partial charge < -0.3 is 5.32 Å². The van der Waals surface area contributed by atoms with Gasteiger partial charge in [0.05, 0.1) is 4.90 Å². The zero-order valence-electron chi connectivity index (χ0n) is 9.53. The summed E-state index contributed by atoms with van der Waals surface area (Å²) < 4.78 is 22.6. The molecule has 1 rings (SSSR count). The second-order valence-corrected chi connectivity index (χ2v) is 6.69. The van der Waals surface area contributed by atoms with Gasteiger partial charge in [0.15, 0.2) is 9.84 Å². The molecule has 0 aliphatic heterocycles. The monoisotopic (exact) mass is 227 g/mol. The van der Waals surface area contributed by atoms with E-state index < -0.39 is 9.84 Å².